The van der Waals surface area contributed by atoms with E-state index in [0.29, 0.717) is 0 Å². The van der Waals surface area contributed by atoms with Gasteiger partial charge in [0, 0.05) is 19.3 Å². The molecule has 84 valence electrons. The van der Waals surface area contributed by atoms with Gasteiger partial charge in [-0.1, -0.05) is 18.2 Å². The maximum absolute atomic E-state index is 11.4. The molecule has 4 heteroatoms. The quantitative estimate of drug-likeness (QED) is 0.743. The monoisotopic (exact) mass is 328 g/mol. The van der Waals surface area contributed by atoms with Crippen molar-refractivity contribution in [3.8, 4) is 0 Å². The molecule has 2 rings (SSSR count). The number of nitrogens with zero attached hydrogens (tertiary/aromatic N) is 2. The summed E-state index contributed by atoms with van der Waals surface area (Å²) < 4.78 is 0. The van der Waals surface area contributed by atoms with Gasteiger partial charge in [0.05, 0.1) is 11.7 Å². The molecule has 1 unspecified atom stereocenters. The molecule has 0 fully saturated rings. The molecule has 1 amide bonds. The fraction of sp³-hybridized carbons (Fsp3) is 0.167. The molecule has 0 saturated carbocycles. The average molecular weight is 328 g/mol. The van der Waals surface area contributed by atoms with E-state index in [-0.39, 0.29) is 35.9 Å². The van der Waals surface area contributed by atoms with Gasteiger partial charge in [0.25, 0.3) is 0 Å². The second-order valence-corrected chi connectivity index (χ2v) is 3.35. The fourth-order valence-corrected chi connectivity index (χ4v) is 1.59. The van der Waals surface area contributed by atoms with Crippen molar-refractivity contribution in [3.63, 3.8) is 0 Å². The summed E-state index contributed by atoms with van der Waals surface area (Å²) in [6.07, 6.45) is 9.25. The Morgan fingerprint density at radius 3 is 2.81 bits per heavy atom. The van der Waals surface area contributed by atoms with Gasteiger partial charge in [0.2, 0.25) is 5.91 Å². The van der Waals surface area contributed by atoms with E-state index in [1.165, 1.54) is 0 Å². The van der Waals surface area contributed by atoms with Crippen LogP contribution in [0.5, 0.6) is 0 Å². The first kappa shape index (κ1) is 12.9. The van der Waals surface area contributed by atoms with Crippen LogP contribution in [0.15, 0.2) is 48.8 Å². The number of pyridine rings is 1. The molecule has 1 aromatic rings. The number of rotatable bonds is 1. The van der Waals surface area contributed by atoms with Crippen molar-refractivity contribution in [2.75, 3.05) is 0 Å². The van der Waals surface area contributed by atoms with Gasteiger partial charge in [-0.05, 0) is 18.2 Å². The molecular weight excluding hydrogens is 315 g/mol. The van der Waals surface area contributed by atoms with Crippen molar-refractivity contribution < 1.29 is 4.79 Å². The van der Waals surface area contributed by atoms with E-state index >= 15 is 0 Å². The summed E-state index contributed by atoms with van der Waals surface area (Å²) in [5.41, 5.74) is 0.883. The molecule has 2 heterocycles. The van der Waals surface area contributed by atoms with E-state index in [2.05, 4.69) is 4.98 Å². The standard InChI is InChI=1S/C12H12N2O.HI/c1-10(15)14-9-5-3-7-12(14)11-6-2-4-8-13-11;/h2-9,12H,1H3;1H. The van der Waals surface area contributed by atoms with Crippen LogP contribution in [0, 0.1) is 0 Å². The third-order valence-electron chi connectivity index (χ3n) is 2.31. The summed E-state index contributed by atoms with van der Waals surface area (Å²) in [5, 5.41) is 0. The topological polar surface area (TPSA) is 33.2 Å². The van der Waals surface area contributed by atoms with Crippen LogP contribution in [0.4, 0.5) is 0 Å². The Morgan fingerprint density at radius 2 is 2.19 bits per heavy atom. The lowest BCUT2D eigenvalue weighted by Crippen LogP contribution is -2.28. The van der Waals surface area contributed by atoms with Crippen LogP contribution in [0.3, 0.4) is 0 Å². The SMILES string of the molecule is CC(=O)N1C=CC=CC1c1ccccn1.I. The summed E-state index contributed by atoms with van der Waals surface area (Å²) in [6.45, 7) is 1.56. The Bertz CT molecular complexity index is 414. The molecule has 0 aliphatic carbocycles. The lowest BCUT2D eigenvalue weighted by molar-refractivity contribution is -0.127. The van der Waals surface area contributed by atoms with Crippen molar-refractivity contribution in [1.29, 1.82) is 0 Å². The van der Waals surface area contributed by atoms with Gasteiger partial charge < -0.3 is 4.90 Å². The van der Waals surface area contributed by atoms with E-state index in [9.17, 15) is 4.79 Å². The first-order valence-electron chi connectivity index (χ1n) is 4.84. The Balaban J connectivity index is 0.00000128. The van der Waals surface area contributed by atoms with Crippen molar-refractivity contribution in [1.82, 2.24) is 9.88 Å². The average Bonchev–Trinajstić information content (AvgIpc) is 2.30. The first-order valence-corrected chi connectivity index (χ1v) is 4.84. The van der Waals surface area contributed by atoms with Gasteiger partial charge in [-0.15, -0.1) is 24.0 Å². The molecule has 1 atom stereocenters. The number of halogens is 1. The molecular formula is C12H13IN2O. The van der Waals surface area contributed by atoms with Crippen molar-refractivity contribution >= 4 is 29.9 Å². The number of hydrogen-bond acceptors (Lipinski definition) is 2. The summed E-state index contributed by atoms with van der Waals surface area (Å²) >= 11 is 0. The number of allylic oxidation sites excluding steroid dienone is 2. The number of amides is 1. The zero-order valence-corrected chi connectivity index (χ0v) is 11.2. The maximum atomic E-state index is 11.4. The van der Waals surface area contributed by atoms with E-state index in [1.54, 1.807) is 24.2 Å². The predicted octanol–water partition coefficient (Wildman–Crippen LogP) is 2.67. The van der Waals surface area contributed by atoms with Gasteiger partial charge in [-0.25, -0.2) is 0 Å². The number of aromatic nitrogens is 1. The van der Waals surface area contributed by atoms with Crippen molar-refractivity contribution in [3.05, 3.63) is 54.5 Å². The normalized spacial score (nSPS) is 18.1. The van der Waals surface area contributed by atoms with E-state index < -0.39 is 0 Å². The second kappa shape index (κ2) is 5.79. The number of carbonyl (C=O) groups excluding carboxylic acids is 1. The number of carbonyl (C=O) groups is 1. The molecule has 0 radical (unpaired) electrons. The summed E-state index contributed by atoms with van der Waals surface area (Å²) in [4.78, 5) is 17.3. The molecule has 3 nitrogen and oxygen atoms in total. The molecule has 1 aromatic heterocycles. The second-order valence-electron chi connectivity index (χ2n) is 3.35. The highest BCUT2D eigenvalue weighted by molar-refractivity contribution is 14.0. The first-order chi connectivity index (χ1) is 7.29. The van der Waals surface area contributed by atoms with Gasteiger partial charge in [0.15, 0.2) is 0 Å². The molecule has 1 aliphatic heterocycles. The Labute approximate surface area is 112 Å². The van der Waals surface area contributed by atoms with Crippen LogP contribution in [-0.2, 0) is 4.79 Å². The van der Waals surface area contributed by atoms with Crippen LogP contribution in [0.2, 0.25) is 0 Å². The highest BCUT2D eigenvalue weighted by atomic mass is 127. The third kappa shape index (κ3) is 2.69. The minimum Gasteiger partial charge on any atom is -0.307 e. The van der Waals surface area contributed by atoms with Gasteiger partial charge in [0.1, 0.15) is 0 Å². The molecule has 0 bridgehead atoms. The van der Waals surface area contributed by atoms with Crippen LogP contribution in [0.25, 0.3) is 0 Å². The molecule has 0 aromatic carbocycles. The highest BCUT2D eigenvalue weighted by Crippen LogP contribution is 2.23. The molecule has 0 saturated heterocycles. The largest absolute Gasteiger partial charge is 0.307 e. The van der Waals surface area contributed by atoms with Crippen molar-refractivity contribution in [2.45, 2.75) is 13.0 Å². The zero-order chi connectivity index (χ0) is 10.7. The Hall–Kier alpha value is -1.17. The Morgan fingerprint density at radius 1 is 1.38 bits per heavy atom. The minimum absolute atomic E-state index is 0. The third-order valence-corrected chi connectivity index (χ3v) is 2.31. The molecule has 0 N–H and O–H groups in total. The zero-order valence-electron chi connectivity index (χ0n) is 8.91. The lowest BCUT2D eigenvalue weighted by atomic mass is 10.1. The number of hydrogen-bond donors (Lipinski definition) is 0. The van der Waals surface area contributed by atoms with Crippen LogP contribution in [0.1, 0.15) is 18.7 Å². The highest BCUT2D eigenvalue weighted by Gasteiger charge is 2.20. The van der Waals surface area contributed by atoms with Crippen LogP contribution in [-0.4, -0.2) is 15.8 Å². The van der Waals surface area contributed by atoms with Gasteiger partial charge in [-0.2, -0.15) is 0 Å². The van der Waals surface area contributed by atoms with Crippen molar-refractivity contribution in [2.24, 2.45) is 0 Å². The van der Waals surface area contributed by atoms with E-state index in [0.717, 1.165) is 5.69 Å². The van der Waals surface area contributed by atoms with E-state index in [4.69, 9.17) is 0 Å². The van der Waals surface area contributed by atoms with Crippen LogP contribution >= 0.6 is 24.0 Å². The molecule has 0 spiro atoms. The summed E-state index contributed by atoms with van der Waals surface area (Å²) in [5.74, 6) is 0.0197. The lowest BCUT2D eigenvalue weighted by Gasteiger charge is -2.26. The van der Waals surface area contributed by atoms with Crippen LogP contribution < -0.4 is 0 Å². The van der Waals surface area contributed by atoms with Gasteiger partial charge in [-0.3, -0.25) is 9.78 Å². The smallest absolute Gasteiger partial charge is 0.224 e. The molecule has 16 heavy (non-hydrogen) atoms. The molecule has 1 aliphatic rings. The minimum atomic E-state index is -0.0753. The fourth-order valence-electron chi connectivity index (χ4n) is 1.59. The maximum Gasteiger partial charge on any atom is 0.224 e. The summed E-state index contributed by atoms with van der Waals surface area (Å²) in [6, 6.07) is 5.63. The van der Waals surface area contributed by atoms with E-state index in [1.807, 2.05) is 36.4 Å². The Kier molecular flexibility index (Phi) is 4.67. The summed E-state index contributed by atoms with van der Waals surface area (Å²) in [7, 11) is 0. The predicted molar refractivity (Wildman–Crippen MR) is 73.2 cm³/mol. The van der Waals surface area contributed by atoms with Gasteiger partial charge >= 0.3 is 0 Å².